The van der Waals surface area contributed by atoms with Gasteiger partial charge in [-0.15, -0.1) is 5.06 Å². The summed E-state index contributed by atoms with van der Waals surface area (Å²) in [7, 11) is -9.35. The Kier molecular flexibility index (Phi) is 7.80. The minimum absolute atomic E-state index is 0.0392. The number of amides is 2. The Hall–Kier alpha value is -4.25. The van der Waals surface area contributed by atoms with Gasteiger partial charge in [0.15, 0.2) is 18.0 Å². The number of hydrogen-bond acceptors (Lipinski definition) is 10. The summed E-state index contributed by atoms with van der Waals surface area (Å²) in [4.78, 5) is 43.1. The summed E-state index contributed by atoms with van der Waals surface area (Å²) in [5.74, 6) is -1.63. The molecular weight excluding hydrogens is 594 g/mol. The fraction of sp³-hybridized carbons (Fsp3) is 0.269. The summed E-state index contributed by atoms with van der Waals surface area (Å²) in [6, 6.07) is 7.99. The highest BCUT2D eigenvalue weighted by Crippen LogP contribution is 2.35. The smallest absolute Gasteiger partial charge is 0.333 e. The molecule has 1 aliphatic heterocycles. The number of oxazole rings is 1. The van der Waals surface area contributed by atoms with Gasteiger partial charge in [0.2, 0.25) is 5.89 Å². The predicted octanol–water partition coefficient (Wildman–Crippen LogP) is 2.60. The maximum Gasteiger partial charge on any atom is 0.333 e. The maximum atomic E-state index is 12.1. The van der Waals surface area contributed by atoms with E-state index in [0.29, 0.717) is 35.4 Å². The number of aryl methyl sites for hydroxylation is 1. The first kappa shape index (κ1) is 29.2. The van der Waals surface area contributed by atoms with Crippen LogP contribution in [0.15, 0.2) is 63.0 Å². The number of rotatable bonds is 10. The number of unbranched alkanes of at least 4 members (excludes halogenated alkanes) is 2. The molecule has 1 saturated heterocycles. The van der Waals surface area contributed by atoms with Crippen molar-refractivity contribution in [3.63, 3.8) is 0 Å². The number of hydrogen-bond donors (Lipinski definition) is 2. The van der Waals surface area contributed by atoms with Crippen LogP contribution >= 0.6 is 0 Å². The van der Waals surface area contributed by atoms with E-state index in [0.717, 1.165) is 24.6 Å². The van der Waals surface area contributed by atoms with Crippen LogP contribution in [0.4, 0.5) is 0 Å². The van der Waals surface area contributed by atoms with Crippen molar-refractivity contribution in [1.29, 1.82) is 0 Å². The van der Waals surface area contributed by atoms with Crippen molar-refractivity contribution in [2.24, 2.45) is 0 Å². The van der Waals surface area contributed by atoms with Gasteiger partial charge >= 0.3 is 5.97 Å². The van der Waals surface area contributed by atoms with Gasteiger partial charge in [-0.1, -0.05) is 6.07 Å². The van der Waals surface area contributed by atoms with Gasteiger partial charge in [0, 0.05) is 48.8 Å². The number of carbonyl (C=O) groups excluding carboxylic acids is 3. The topological polar surface area (TPSA) is 202 Å². The van der Waals surface area contributed by atoms with Crippen molar-refractivity contribution in [3.05, 3.63) is 48.8 Å². The lowest BCUT2D eigenvalue weighted by molar-refractivity contribution is -0.697. The third kappa shape index (κ3) is 6.15. The van der Waals surface area contributed by atoms with Crippen LogP contribution < -0.4 is 4.57 Å². The summed E-state index contributed by atoms with van der Waals surface area (Å²) in [6.45, 7) is 0.611. The normalized spacial score (nSPS) is 14.3. The zero-order valence-electron chi connectivity index (χ0n) is 21.8. The van der Waals surface area contributed by atoms with Gasteiger partial charge in [0.1, 0.15) is 17.0 Å². The molecule has 5 rings (SSSR count). The highest BCUT2D eigenvalue weighted by molar-refractivity contribution is 7.86. The Morgan fingerprint density at radius 3 is 2.29 bits per heavy atom. The molecule has 0 spiro atoms. The summed E-state index contributed by atoms with van der Waals surface area (Å²) in [5.41, 5.74) is 0.360. The quantitative estimate of drug-likeness (QED) is 0.114. The molecule has 3 heterocycles. The number of pyridine rings is 1. The van der Waals surface area contributed by atoms with Gasteiger partial charge in [-0.25, -0.2) is 14.3 Å². The van der Waals surface area contributed by atoms with Crippen molar-refractivity contribution >= 4 is 59.9 Å². The molecule has 16 heteroatoms. The number of hydroxylamine groups is 2. The first-order valence-corrected chi connectivity index (χ1v) is 15.6. The van der Waals surface area contributed by atoms with Gasteiger partial charge < -0.3 is 9.25 Å². The fourth-order valence-electron chi connectivity index (χ4n) is 4.52. The first-order valence-electron chi connectivity index (χ1n) is 12.7. The number of benzene rings is 2. The molecule has 0 unspecified atom stereocenters. The lowest BCUT2D eigenvalue weighted by Gasteiger charge is -2.12. The highest BCUT2D eigenvalue weighted by Gasteiger charge is 2.32. The van der Waals surface area contributed by atoms with Gasteiger partial charge in [0.05, 0.1) is 4.90 Å². The fourth-order valence-corrected chi connectivity index (χ4v) is 5.69. The summed E-state index contributed by atoms with van der Waals surface area (Å²) in [6.07, 6.45) is 5.56. The zero-order valence-corrected chi connectivity index (χ0v) is 23.4. The van der Waals surface area contributed by atoms with E-state index in [1.54, 1.807) is 24.5 Å². The predicted molar refractivity (Wildman–Crippen MR) is 142 cm³/mol. The number of nitrogens with zero attached hydrogens (tertiary/aromatic N) is 3. The van der Waals surface area contributed by atoms with Crippen LogP contribution in [-0.4, -0.2) is 53.8 Å². The van der Waals surface area contributed by atoms with Crippen LogP contribution in [0.2, 0.25) is 0 Å². The van der Waals surface area contributed by atoms with E-state index in [1.165, 1.54) is 6.07 Å². The first-order chi connectivity index (χ1) is 19.8. The number of carbonyl (C=O) groups is 3. The molecule has 2 aromatic heterocycles. The molecule has 14 nitrogen and oxygen atoms in total. The van der Waals surface area contributed by atoms with E-state index < -0.39 is 47.8 Å². The molecule has 0 radical (unpaired) electrons. The van der Waals surface area contributed by atoms with Crippen LogP contribution in [-0.2, 0) is 46.0 Å². The van der Waals surface area contributed by atoms with Gasteiger partial charge in [-0.3, -0.25) is 18.7 Å². The van der Waals surface area contributed by atoms with Crippen molar-refractivity contribution in [2.45, 2.75) is 54.9 Å². The number of imide groups is 1. The highest BCUT2D eigenvalue weighted by atomic mass is 32.2. The molecule has 2 aromatic carbocycles. The van der Waals surface area contributed by atoms with E-state index in [2.05, 4.69) is 4.98 Å². The van der Waals surface area contributed by atoms with Crippen LogP contribution in [0.3, 0.4) is 0 Å². The van der Waals surface area contributed by atoms with Gasteiger partial charge in [-0.2, -0.15) is 16.8 Å². The Morgan fingerprint density at radius 1 is 0.952 bits per heavy atom. The Morgan fingerprint density at radius 2 is 1.64 bits per heavy atom. The van der Waals surface area contributed by atoms with Crippen molar-refractivity contribution < 1.29 is 54.1 Å². The molecule has 0 aliphatic carbocycles. The van der Waals surface area contributed by atoms with Crippen molar-refractivity contribution in [3.8, 4) is 11.5 Å². The molecule has 1 fully saturated rings. The number of aromatic nitrogens is 2. The van der Waals surface area contributed by atoms with Gasteiger partial charge in [-0.05, 0) is 36.4 Å². The average molecular weight is 619 g/mol. The molecule has 0 saturated carbocycles. The standard InChI is InChI=1S/C26H23N3O11S2/c30-21-7-8-22(31)29(21)40-23(32)4-2-1-3-11-28-12-9-16(10-13-28)26-27-24-19-6-5-18(41(33,34)35)14-17(19)15-20(25(24)39-26)42(36,37)38/h5-6,9-10,12-15H,1-4,7-8,11H2,(H-,33,34,35,36,37,38)/p+1. The van der Waals surface area contributed by atoms with E-state index >= 15 is 0 Å². The largest absolute Gasteiger partial charge is 0.435 e. The van der Waals surface area contributed by atoms with E-state index in [1.807, 2.05) is 4.57 Å². The second-order valence-corrected chi connectivity index (χ2v) is 12.4. The monoisotopic (exact) mass is 618 g/mol. The molecular formula is C26H24N3O11S2+. The van der Waals surface area contributed by atoms with E-state index in [4.69, 9.17) is 9.25 Å². The second-order valence-electron chi connectivity index (χ2n) is 9.58. The SMILES string of the molecule is O=C(CCCCC[n+]1ccc(-c2nc3c(o2)c(S(=O)(=O)O)cc2cc(S(=O)(=O)O)ccc23)cc1)ON1C(=O)CCC1=O. The summed E-state index contributed by atoms with van der Waals surface area (Å²) < 4.78 is 74.1. The summed E-state index contributed by atoms with van der Waals surface area (Å²) >= 11 is 0. The Bertz CT molecular complexity index is 1930. The number of fused-ring (bicyclic) bond motifs is 3. The van der Waals surface area contributed by atoms with E-state index in [-0.39, 0.29) is 41.6 Å². The van der Waals surface area contributed by atoms with Crippen LogP contribution in [0.5, 0.6) is 0 Å². The van der Waals surface area contributed by atoms with Crippen LogP contribution in [0.1, 0.15) is 38.5 Å². The molecule has 220 valence electrons. The van der Waals surface area contributed by atoms with Crippen LogP contribution in [0, 0.1) is 0 Å². The minimum Gasteiger partial charge on any atom is -0.435 e. The molecule has 0 bridgehead atoms. The molecule has 4 aromatic rings. The minimum atomic E-state index is -4.79. The molecule has 1 aliphatic rings. The van der Waals surface area contributed by atoms with E-state index in [9.17, 15) is 40.3 Å². The maximum absolute atomic E-state index is 12.1. The second kappa shape index (κ2) is 11.2. The molecule has 2 N–H and O–H groups in total. The molecule has 2 amide bonds. The summed E-state index contributed by atoms with van der Waals surface area (Å²) in [5, 5.41) is 0.970. The molecule has 42 heavy (non-hydrogen) atoms. The van der Waals surface area contributed by atoms with Crippen molar-refractivity contribution in [2.75, 3.05) is 0 Å². The average Bonchev–Trinajstić information content (AvgIpc) is 3.51. The Labute approximate surface area is 239 Å². The Balaban J connectivity index is 1.27. The lowest BCUT2D eigenvalue weighted by Crippen LogP contribution is -2.32. The zero-order chi connectivity index (χ0) is 30.2. The molecule has 0 atom stereocenters. The third-order valence-corrected chi connectivity index (χ3v) is 8.33. The van der Waals surface area contributed by atoms with Crippen molar-refractivity contribution in [1.82, 2.24) is 10.0 Å². The lowest BCUT2D eigenvalue weighted by atomic mass is 10.1. The van der Waals surface area contributed by atoms with Crippen LogP contribution in [0.25, 0.3) is 33.3 Å². The van der Waals surface area contributed by atoms with Gasteiger partial charge in [0.25, 0.3) is 32.1 Å². The third-order valence-electron chi connectivity index (χ3n) is 6.63.